The van der Waals surface area contributed by atoms with Crippen LogP contribution in [0.3, 0.4) is 0 Å². The summed E-state index contributed by atoms with van der Waals surface area (Å²) < 4.78 is 4.87. The molecule has 5 N–H and O–H groups in total. The molecule has 0 heterocycles. The van der Waals surface area contributed by atoms with Crippen LogP contribution in [0.4, 0.5) is 0 Å². The van der Waals surface area contributed by atoms with Gasteiger partial charge in [-0.25, -0.2) is 0 Å². The van der Waals surface area contributed by atoms with Crippen molar-refractivity contribution in [3.05, 3.63) is 0 Å². The van der Waals surface area contributed by atoms with Gasteiger partial charge in [0.25, 0.3) is 0 Å². The van der Waals surface area contributed by atoms with Gasteiger partial charge in [-0.1, -0.05) is 0 Å². The monoisotopic (exact) mass is 203 g/mol. The topological polar surface area (TPSA) is 90.4 Å². The highest BCUT2D eigenvalue weighted by atomic mass is 16.5. The highest BCUT2D eigenvalue weighted by Gasteiger charge is 2.11. The van der Waals surface area contributed by atoms with E-state index < -0.39 is 6.04 Å². The Kier molecular flexibility index (Phi) is 8.51. The molecule has 0 aliphatic rings. The Morgan fingerprint density at radius 3 is 2.79 bits per heavy atom. The van der Waals surface area contributed by atoms with Crippen molar-refractivity contribution in [3.8, 4) is 0 Å². The number of hydrogen-bond donors (Lipinski definition) is 3. The van der Waals surface area contributed by atoms with Crippen molar-refractivity contribution in [3.63, 3.8) is 0 Å². The van der Waals surface area contributed by atoms with Crippen molar-refractivity contribution in [1.82, 2.24) is 5.32 Å². The first-order valence-corrected chi connectivity index (χ1v) is 4.94. The van der Waals surface area contributed by atoms with Crippen LogP contribution < -0.4 is 16.8 Å². The largest absolute Gasteiger partial charge is 0.385 e. The Hall–Kier alpha value is -0.650. The van der Waals surface area contributed by atoms with Gasteiger partial charge in [-0.3, -0.25) is 4.79 Å². The van der Waals surface area contributed by atoms with Gasteiger partial charge in [-0.2, -0.15) is 0 Å². The fourth-order valence-electron chi connectivity index (χ4n) is 1.02. The lowest BCUT2D eigenvalue weighted by Gasteiger charge is -2.11. The number of ether oxygens (including phenoxy) is 1. The highest BCUT2D eigenvalue weighted by molar-refractivity contribution is 5.81. The number of carbonyl (C=O) groups is 1. The van der Waals surface area contributed by atoms with Gasteiger partial charge in [0.15, 0.2) is 0 Å². The molecule has 0 spiro atoms. The Bertz CT molecular complexity index is 153. The third-order valence-corrected chi connectivity index (χ3v) is 1.88. The minimum absolute atomic E-state index is 0.102. The first-order chi connectivity index (χ1) is 6.72. The summed E-state index contributed by atoms with van der Waals surface area (Å²) in [7, 11) is 1.63. The van der Waals surface area contributed by atoms with Crippen molar-refractivity contribution in [2.75, 3.05) is 26.8 Å². The molecule has 84 valence electrons. The average molecular weight is 203 g/mol. The molecule has 0 fully saturated rings. The predicted molar refractivity (Wildman–Crippen MR) is 55.8 cm³/mol. The fourth-order valence-corrected chi connectivity index (χ4v) is 1.02. The van der Waals surface area contributed by atoms with E-state index in [0.29, 0.717) is 26.1 Å². The number of rotatable bonds is 8. The van der Waals surface area contributed by atoms with Crippen molar-refractivity contribution in [1.29, 1.82) is 0 Å². The normalized spacial score (nSPS) is 12.5. The van der Waals surface area contributed by atoms with Crippen molar-refractivity contribution in [2.24, 2.45) is 11.5 Å². The molecule has 5 nitrogen and oxygen atoms in total. The van der Waals surface area contributed by atoms with Crippen molar-refractivity contribution < 1.29 is 9.53 Å². The summed E-state index contributed by atoms with van der Waals surface area (Å²) in [6, 6.07) is -0.428. The molecule has 0 aromatic carbocycles. The molecule has 0 aliphatic carbocycles. The summed E-state index contributed by atoms with van der Waals surface area (Å²) in [6.45, 7) is 1.83. The molecule has 0 radical (unpaired) electrons. The van der Waals surface area contributed by atoms with Crippen LogP contribution in [0.5, 0.6) is 0 Å². The van der Waals surface area contributed by atoms with E-state index in [4.69, 9.17) is 16.2 Å². The molecule has 1 atom stereocenters. The summed E-state index contributed by atoms with van der Waals surface area (Å²) in [6.07, 6.45) is 2.25. The lowest BCUT2D eigenvalue weighted by Crippen LogP contribution is -2.41. The standard InChI is InChI=1S/C9H21N3O2/c1-14-7-2-4-8(11)9(13)12-6-3-5-10/h8H,2-7,10-11H2,1H3,(H,12,13). The maximum Gasteiger partial charge on any atom is 0.236 e. The van der Waals surface area contributed by atoms with Crippen molar-refractivity contribution in [2.45, 2.75) is 25.3 Å². The summed E-state index contributed by atoms with van der Waals surface area (Å²) in [5, 5.41) is 2.73. The zero-order chi connectivity index (χ0) is 10.8. The average Bonchev–Trinajstić information content (AvgIpc) is 2.18. The van der Waals surface area contributed by atoms with Gasteiger partial charge in [0, 0.05) is 20.3 Å². The maximum absolute atomic E-state index is 11.3. The van der Waals surface area contributed by atoms with E-state index in [1.165, 1.54) is 0 Å². The third-order valence-electron chi connectivity index (χ3n) is 1.88. The second kappa shape index (κ2) is 8.93. The van der Waals surface area contributed by atoms with Crippen LogP contribution in [0.2, 0.25) is 0 Å². The fraction of sp³-hybridized carbons (Fsp3) is 0.889. The number of nitrogens with one attached hydrogen (secondary N) is 1. The molecule has 0 bridgehead atoms. The minimum atomic E-state index is -0.428. The quantitative estimate of drug-likeness (QED) is 0.451. The van der Waals surface area contributed by atoms with Crippen LogP contribution in [0.25, 0.3) is 0 Å². The zero-order valence-corrected chi connectivity index (χ0v) is 8.79. The molecule has 1 amide bonds. The van der Waals surface area contributed by atoms with Crippen LogP contribution in [-0.2, 0) is 9.53 Å². The molecular weight excluding hydrogens is 182 g/mol. The van der Waals surface area contributed by atoms with Crippen LogP contribution in [0, 0.1) is 0 Å². The number of nitrogens with two attached hydrogens (primary N) is 2. The van der Waals surface area contributed by atoms with E-state index in [0.717, 1.165) is 12.8 Å². The number of amides is 1. The Morgan fingerprint density at radius 1 is 1.50 bits per heavy atom. The van der Waals surface area contributed by atoms with E-state index in [9.17, 15) is 4.79 Å². The number of methoxy groups -OCH3 is 1. The molecular formula is C9H21N3O2. The summed E-state index contributed by atoms with van der Waals surface area (Å²) >= 11 is 0. The summed E-state index contributed by atoms with van der Waals surface area (Å²) in [5.74, 6) is -0.102. The van der Waals surface area contributed by atoms with E-state index in [2.05, 4.69) is 5.32 Å². The maximum atomic E-state index is 11.3. The van der Waals surface area contributed by atoms with Crippen LogP contribution in [0.15, 0.2) is 0 Å². The zero-order valence-electron chi connectivity index (χ0n) is 8.79. The molecule has 0 saturated heterocycles. The summed E-state index contributed by atoms with van der Waals surface area (Å²) in [4.78, 5) is 11.3. The Morgan fingerprint density at radius 2 is 2.21 bits per heavy atom. The molecule has 5 heteroatoms. The van der Waals surface area contributed by atoms with Crippen molar-refractivity contribution >= 4 is 5.91 Å². The molecule has 0 aliphatic heterocycles. The highest BCUT2D eigenvalue weighted by Crippen LogP contribution is 1.94. The van der Waals surface area contributed by atoms with E-state index >= 15 is 0 Å². The minimum Gasteiger partial charge on any atom is -0.385 e. The molecule has 0 rings (SSSR count). The van der Waals surface area contributed by atoms with Gasteiger partial charge >= 0.3 is 0 Å². The first-order valence-electron chi connectivity index (χ1n) is 4.94. The second-order valence-corrected chi connectivity index (χ2v) is 3.17. The predicted octanol–water partition coefficient (Wildman–Crippen LogP) is -0.795. The third kappa shape index (κ3) is 6.82. The first kappa shape index (κ1) is 13.4. The van der Waals surface area contributed by atoms with Gasteiger partial charge in [-0.15, -0.1) is 0 Å². The SMILES string of the molecule is COCCCC(N)C(=O)NCCCN. The van der Waals surface area contributed by atoms with E-state index in [1.807, 2.05) is 0 Å². The van der Waals surface area contributed by atoms with Gasteiger partial charge in [0.05, 0.1) is 6.04 Å². The molecule has 0 aromatic heterocycles. The van der Waals surface area contributed by atoms with Crippen LogP contribution >= 0.6 is 0 Å². The lowest BCUT2D eigenvalue weighted by molar-refractivity contribution is -0.122. The molecule has 14 heavy (non-hydrogen) atoms. The number of hydrogen-bond acceptors (Lipinski definition) is 4. The van der Waals surface area contributed by atoms with Crippen LogP contribution in [0.1, 0.15) is 19.3 Å². The summed E-state index contributed by atoms with van der Waals surface area (Å²) in [5.41, 5.74) is 10.9. The van der Waals surface area contributed by atoms with E-state index in [1.54, 1.807) is 7.11 Å². The van der Waals surface area contributed by atoms with Gasteiger partial charge in [0.1, 0.15) is 0 Å². The van der Waals surface area contributed by atoms with Gasteiger partial charge in [0.2, 0.25) is 5.91 Å². The molecule has 0 aromatic rings. The molecule has 1 unspecified atom stereocenters. The smallest absolute Gasteiger partial charge is 0.236 e. The van der Waals surface area contributed by atoms with E-state index in [-0.39, 0.29) is 5.91 Å². The Balaban J connectivity index is 3.44. The lowest BCUT2D eigenvalue weighted by atomic mass is 10.1. The van der Waals surface area contributed by atoms with Gasteiger partial charge in [-0.05, 0) is 25.8 Å². The number of carbonyl (C=O) groups excluding carboxylic acids is 1. The second-order valence-electron chi connectivity index (χ2n) is 3.17. The van der Waals surface area contributed by atoms with Crippen LogP contribution in [-0.4, -0.2) is 38.8 Å². The Labute approximate surface area is 85.2 Å². The van der Waals surface area contributed by atoms with Gasteiger partial charge < -0.3 is 21.5 Å². The molecule has 0 saturated carbocycles.